The summed E-state index contributed by atoms with van der Waals surface area (Å²) >= 11 is 0. The van der Waals surface area contributed by atoms with Crippen LogP contribution in [0.3, 0.4) is 0 Å². The third kappa shape index (κ3) is 3.11. The molecule has 4 heteroatoms. The first-order chi connectivity index (χ1) is 11.1. The Morgan fingerprint density at radius 1 is 1.22 bits per heavy atom. The number of carbonyl (C=O) groups excluding carboxylic acids is 1. The summed E-state index contributed by atoms with van der Waals surface area (Å²) in [7, 11) is 1.82. The topological polar surface area (TPSA) is 45.2 Å². The van der Waals surface area contributed by atoms with Crippen LogP contribution in [0, 0.1) is 0 Å². The van der Waals surface area contributed by atoms with Crippen LogP contribution in [0.15, 0.2) is 60.2 Å². The van der Waals surface area contributed by atoms with Crippen molar-refractivity contribution in [2.75, 3.05) is 7.05 Å². The van der Waals surface area contributed by atoms with Crippen molar-refractivity contribution in [1.82, 2.24) is 15.2 Å². The minimum atomic E-state index is 0.000205. The molecule has 1 atom stereocenters. The van der Waals surface area contributed by atoms with E-state index in [2.05, 4.69) is 28.5 Å². The summed E-state index contributed by atoms with van der Waals surface area (Å²) in [5.74, 6) is 1.04. The van der Waals surface area contributed by atoms with Gasteiger partial charge in [-0.2, -0.15) is 0 Å². The third-order valence-electron chi connectivity index (χ3n) is 4.16. The molecule has 1 aliphatic rings. The fourth-order valence-electron chi connectivity index (χ4n) is 2.90. The highest BCUT2D eigenvalue weighted by molar-refractivity contribution is 5.80. The van der Waals surface area contributed by atoms with Crippen LogP contribution in [0.25, 0.3) is 11.1 Å². The first kappa shape index (κ1) is 15.3. The maximum absolute atomic E-state index is 12.3. The highest BCUT2D eigenvalue weighted by Gasteiger charge is 2.28. The molecular weight excluding hydrogens is 286 g/mol. The molecule has 0 saturated carbocycles. The molecule has 1 fully saturated rings. The number of hydrogen-bond donors (Lipinski definition) is 1. The van der Waals surface area contributed by atoms with Crippen molar-refractivity contribution in [3.63, 3.8) is 0 Å². The maximum atomic E-state index is 12.3. The number of rotatable bonds is 2. The predicted octanol–water partition coefficient (Wildman–Crippen LogP) is 3.49. The van der Waals surface area contributed by atoms with Gasteiger partial charge in [0.2, 0.25) is 5.91 Å². The van der Waals surface area contributed by atoms with Gasteiger partial charge in [0.05, 0.1) is 12.5 Å². The van der Waals surface area contributed by atoms with Gasteiger partial charge in [-0.25, -0.2) is 0 Å². The molecule has 2 heterocycles. The van der Waals surface area contributed by atoms with Crippen LogP contribution < -0.4 is 5.32 Å². The van der Waals surface area contributed by atoms with E-state index in [1.54, 1.807) is 11.1 Å². The molecule has 0 bridgehead atoms. The fraction of sp³-hybridized carbons (Fsp3) is 0.263. The summed E-state index contributed by atoms with van der Waals surface area (Å²) < 4.78 is 0. The van der Waals surface area contributed by atoms with E-state index in [4.69, 9.17) is 0 Å². The molecule has 2 aromatic rings. The molecule has 1 amide bonds. The number of benzene rings is 1. The van der Waals surface area contributed by atoms with Crippen molar-refractivity contribution >= 4 is 5.91 Å². The van der Waals surface area contributed by atoms with E-state index < -0.39 is 0 Å². The minimum Gasteiger partial charge on any atom is -0.364 e. The number of carbonyl (C=O) groups is 1. The third-order valence-corrected chi connectivity index (χ3v) is 4.16. The molecule has 23 heavy (non-hydrogen) atoms. The molecule has 1 saturated heterocycles. The van der Waals surface area contributed by atoms with E-state index in [0.29, 0.717) is 6.42 Å². The van der Waals surface area contributed by atoms with E-state index in [0.717, 1.165) is 28.1 Å². The lowest BCUT2D eigenvalue weighted by Gasteiger charge is -2.34. The van der Waals surface area contributed by atoms with Crippen molar-refractivity contribution in [3.05, 3.63) is 65.7 Å². The molecule has 1 aromatic heterocycles. The number of hydrogen-bond acceptors (Lipinski definition) is 3. The fourth-order valence-corrected chi connectivity index (χ4v) is 2.90. The average molecular weight is 307 g/mol. The lowest BCUT2D eigenvalue weighted by atomic mass is 9.96. The van der Waals surface area contributed by atoms with Gasteiger partial charge >= 0.3 is 0 Å². The first-order valence-corrected chi connectivity index (χ1v) is 7.77. The van der Waals surface area contributed by atoms with Gasteiger partial charge in [-0.1, -0.05) is 24.3 Å². The Balaban J connectivity index is 1.93. The molecule has 3 rings (SSSR count). The van der Waals surface area contributed by atoms with E-state index in [1.165, 1.54) is 0 Å². The van der Waals surface area contributed by atoms with Gasteiger partial charge in [0, 0.05) is 19.4 Å². The maximum Gasteiger partial charge on any atom is 0.230 e. The van der Waals surface area contributed by atoms with Gasteiger partial charge in [0.1, 0.15) is 5.82 Å². The number of allylic oxidation sites excluding steroid dienone is 1. The second-order valence-corrected chi connectivity index (χ2v) is 6.07. The monoisotopic (exact) mass is 307 g/mol. The van der Waals surface area contributed by atoms with Crippen LogP contribution in [0.1, 0.15) is 31.9 Å². The summed E-state index contributed by atoms with van der Waals surface area (Å²) in [4.78, 5) is 18.2. The van der Waals surface area contributed by atoms with Crippen molar-refractivity contribution in [3.8, 4) is 11.1 Å². The molecule has 1 unspecified atom stereocenters. The number of nitrogens with one attached hydrogen (secondary N) is 1. The lowest BCUT2D eigenvalue weighted by molar-refractivity contribution is -0.130. The van der Waals surface area contributed by atoms with Crippen LogP contribution in [0.4, 0.5) is 0 Å². The van der Waals surface area contributed by atoms with Crippen LogP contribution in [-0.4, -0.2) is 22.8 Å². The zero-order valence-corrected chi connectivity index (χ0v) is 13.7. The van der Waals surface area contributed by atoms with Crippen LogP contribution in [0.5, 0.6) is 0 Å². The van der Waals surface area contributed by atoms with E-state index in [-0.39, 0.29) is 11.9 Å². The Morgan fingerprint density at radius 3 is 2.70 bits per heavy atom. The largest absolute Gasteiger partial charge is 0.364 e. The smallest absolute Gasteiger partial charge is 0.230 e. The van der Waals surface area contributed by atoms with Gasteiger partial charge in [-0.15, -0.1) is 0 Å². The Labute approximate surface area is 136 Å². The molecule has 1 N–H and O–H groups in total. The van der Waals surface area contributed by atoms with E-state index in [9.17, 15) is 4.79 Å². The minimum absolute atomic E-state index is 0.000205. The van der Waals surface area contributed by atoms with Crippen molar-refractivity contribution < 1.29 is 4.79 Å². The molecule has 1 aromatic carbocycles. The van der Waals surface area contributed by atoms with Gasteiger partial charge in [-0.05, 0) is 48.2 Å². The SMILES string of the molecule is CC(C)=C1NC(c2cccc(-c3cccnc3)c2)CC(=O)N1C. The number of nitrogens with zero attached hydrogens (tertiary/aromatic N) is 2. The molecule has 1 aliphatic heterocycles. The standard InChI is InChI=1S/C19H21N3O/c1-13(2)19-21-17(11-18(23)22(19)3)15-7-4-6-14(10-15)16-8-5-9-20-12-16/h4-10,12,17,21H,11H2,1-3H3. The summed E-state index contributed by atoms with van der Waals surface area (Å²) in [5.41, 5.74) is 4.42. The quantitative estimate of drug-likeness (QED) is 0.923. The van der Waals surface area contributed by atoms with Gasteiger partial charge < -0.3 is 10.2 Å². The van der Waals surface area contributed by atoms with E-state index in [1.807, 2.05) is 45.3 Å². The highest BCUT2D eigenvalue weighted by Crippen LogP contribution is 2.29. The summed E-state index contributed by atoms with van der Waals surface area (Å²) in [6.07, 6.45) is 4.09. The first-order valence-electron chi connectivity index (χ1n) is 7.77. The summed E-state index contributed by atoms with van der Waals surface area (Å²) in [6, 6.07) is 12.3. The second kappa shape index (κ2) is 6.24. The zero-order valence-electron chi connectivity index (χ0n) is 13.7. The molecular formula is C19H21N3O. The Bertz CT molecular complexity index is 748. The van der Waals surface area contributed by atoms with Gasteiger partial charge in [0.15, 0.2) is 0 Å². The van der Waals surface area contributed by atoms with Crippen LogP contribution in [-0.2, 0) is 4.79 Å². The molecule has 0 spiro atoms. The van der Waals surface area contributed by atoms with Crippen molar-refractivity contribution in [2.45, 2.75) is 26.3 Å². The Kier molecular flexibility index (Phi) is 4.15. The highest BCUT2D eigenvalue weighted by atomic mass is 16.2. The van der Waals surface area contributed by atoms with Crippen LogP contribution in [0.2, 0.25) is 0 Å². The normalized spacial score (nSPS) is 17.9. The molecule has 0 aliphatic carbocycles. The number of pyridine rings is 1. The Morgan fingerprint density at radius 2 is 2.00 bits per heavy atom. The molecule has 4 nitrogen and oxygen atoms in total. The average Bonchev–Trinajstić information content (AvgIpc) is 2.58. The predicted molar refractivity (Wildman–Crippen MR) is 91.3 cm³/mol. The molecule has 0 radical (unpaired) electrons. The van der Waals surface area contributed by atoms with Gasteiger partial charge in [0.25, 0.3) is 0 Å². The second-order valence-electron chi connectivity index (χ2n) is 6.07. The van der Waals surface area contributed by atoms with E-state index >= 15 is 0 Å². The summed E-state index contributed by atoms with van der Waals surface area (Å²) in [5, 5.41) is 3.50. The van der Waals surface area contributed by atoms with Crippen LogP contribution >= 0.6 is 0 Å². The lowest BCUT2D eigenvalue weighted by Crippen LogP contribution is -2.43. The van der Waals surface area contributed by atoms with Crippen molar-refractivity contribution in [1.29, 1.82) is 0 Å². The molecule has 118 valence electrons. The summed E-state index contributed by atoms with van der Waals surface area (Å²) in [6.45, 7) is 4.03. The Hall–Kier alpha value is -2.62. The van der Waals surface area contributed by atoms with Crippen molar-refractivity contribution in [2.24, 2.45) is 0 Å². The number of aromatic nitrogens is 1. The zero-order chi connectivity index (χ0) is 16.4. The number of amides is 1. The van der Waals surface area contributed by atoms with Gasteiger partial charge in [-0.3, -0.25) is 9.78 Å².